The molecule has 5 heteroatoms. The highest BCUT2D eigenvalue weighted by Crippen LogP contribution is 2.27. The average Bonchev–Trinajstić information content (AvgIpc) is 2.99. The Morgan fingerprint density at radius 2 is 1.92 bits per heavy atom. The second kappa shape index (κ2) is 6.46. The van der Waals surface area contributed by atoms with Gasteiger partial charge in [-0.3, -0.25) is 4.79 Å². The number of benzene rings is 2. The molecule has 0 amide bonds. The van der Waals surface area contributed by atoms with Crippen LogP contribution in [0.15, 0.2) is 42.1 Å². The van der Waals surface area contributed by atoms with Crippen molar-refractivity contribution in [1.29, 1.82) is 5.26 Å². The molecule has 3 aromatic rings. The normalized spacial score (nSPS) is 11.5. The molecule has 25 heavy (non-hydrogen) atoms. The number of carbonyl (C=O) groups is 1. The van der Waals surface area contributed by atoms with Gasteiger partial charge in [0.1, 0.15) is 17.4 Å². The number of aromatic nitrogens is 1. The number of Topliss-reactive ketones (excluding diaryl/α,β-unsaturated/α-hetero) is 1. The minimum absolute atomic E-state index is 0.0281. The van der Waals surface area contributed by atoms with Crippen molar-refractivity contribution in [3.8, 4) is 11.8 Å². The smallest absolute Gasteiger partial charge is 0.205 e. The van der Waals surface area contributed by atoms with E-state index in [2.05, 4.69) is 4.98 Å². The summed E-state index contributed by atoms with van der Waals surface area (Å²) in [7, 11) is 0. The number of hydrogen-bond donors (Lipinski definition) is 2. The number of rotatable bonds is 3. The molecular formula is C20H15ClN2O2. The van der Waals surface area contributed by atoms with Gasteiger partial charge >= 0.3 is 0 Å². The van der Waals surface area contributed by atoms with Crippen molar-refractivity contribution in [3.63, 3.8) is 0 Å². The summed E-state index contributed by atoms with van der Waals surface area (Å²) in [5.74, 6) is -0.144. The Kier molecular flexibility index (Phi) is 4.35. The van der Waals surface area contributed by atoms with Crippen LogP contribution in [0.5, 0.6) is 5.75 Å². The molecule has 0 spiro atoms. The molecule has 3 rings (SSSR count). The number of aromatic hydroxyl groups is 1. The Morgan fingerprint density at radius 3 is 2.56 bits per heavy atom. The maximum absolute atomic E-state index is 12.8. The first-order valence-corrected chi connectivity index (χ1v) is 8.02. The van der Waals surface area contributed by atoms with E-state index in [4.69, 9.17) is 11.6 Å². The van der Waals surface area contributed by atoms with E-state index < -0.39 is 0 Å². The summed E-state index contributed by atoms with van der Waals surface area (Å²) >= 11 is 5.96. The highest BCUT2D eigenvalue weighted by atomic mass is 35.5. The first kappa shape index (κ1) is 16.8. The Balaban J connectivity index is 2.06. The number of carbonyl (C=O) groups excluding carboxylic acids is 1. The summed E-state index contributed by atoms with van der Waals surface area (Å²) in [6.45, 7) is 3.55. The van der Waals surface area contributed by atoms with Crippen LogP contribution in [-0.2, 0) is 0 Å². The average molecular weight is 351 g/mol. The number of H-pyrrole nitrogens is 1. The van der Waals surface area contributed by atoms with Crippen LogP contribution in [0.3, 0.4) is 0 Å². The molecule has 0 aliphatic heterocycles. The number of nitrogens with one attached hydrogen (secondary N) is 1. The van der Waals surface area contributed by atoms with E-state index in [-0.39, 0.29) is 17.1 Å². The molecule has 0 fully saturated rings. The summed E-state index contributed by atoms with van der Waals surface area (Å²) in [6.07, 6.45) is 3.12. The zero-order valence-corrected chi connectivity index (χ0v) is 14.5. The SMILES string of the molecule is Cc1cc(/C=C(\C#N)C(=O)c2c[nH]c3cc(Cl)ccc23)cc(C)c1O. The lowest BCUT2D eigenvalue weighted by molar-refractivity contribution is 0.104. The summed E-state index contributed by atoms with van der Waals surface area (Å²) < 4.78 is 0. The molecular weight excluding hydrogens is 336 g/mol. The van der Waals surface area contributed by atoms with E-state index in [1.165, 1.54) is 6.08 Å². The van der Waals surface area contributed by atoms with Crippen molar-refractivity contribution >= 4 is 34.4 Å². The van der Waals surface area contributed by atoms with Crippen LogP contribution in [0, 0.1) is 25.2 Å². The zero-order chi connectivity index (χ0) is 18.1. The Bertz CT molecular complexity index is 1050. The summed E-state index contributed by atoms with van der Waals surface area (Å²) in [5.41, 5.74) is 3.27. The quantitative estimate of drug-likeness (QED) is 0.399. The van der Waals surface area contributed by atoms with Gasteiger partial charge in [-0.2, -0.15) is 5.26 Å². The number of hydrogen-bond acceptors (Lipinski definition) is 3. The summed E-state index contributed by atoms with van der Waals surface area (Å²) in [5, 5.41) is 20.6. The van der Waals surface area contributed by atoms with Gasteiger partial charge in [0.2, 0.25) is 5.78 Å². The number of phenols is 1. The molecule has 4 nitrogen and oxygen atoms in total. The van der Waals surface area contributed by atoms with Crippen LogP contribution in [0.25, 0.3) is 17.0 Å². The second-order valence-electron chi connectivity index (χ2n) is 5.89. The van der Waals surface area contributed by atoms with Gasteiger partial charge in [-0.25, -0.2) is 0 Å². The number of nitrogens with zero attached hydrogens (tertiary/aromatic N) is 1. The van der Waals surface area contributed by atoms with Gasteiger partial charge in [0.05, 0.1) is 0 Å². The van der Waals surface area contributed by atoms with Gasteiger partial charge in [0.15, 0.2) is 0 Å². The molecule has 0 atom stereocenters. The predicted octanol–water partition coefficient (Wildman–Crippen LogP) is 4.93. The number of nitriles is 1. The van der Waals surface area contributed by atoms with E-state index in [9.17, 15) is 15.2 Å². The van der Waals surface area contributed by atoms with Gasteiger partial charge in [-0.15, -0.1) is 0 Å². The fourth-order valence-corrected chi connectivity index (χ4v) is 2.99. The lowest BCUT2D eigenvalue weighted by Crippen LogP contribution is -2.01. The van der Waals surface area contributed by atoms with Crippen LogP contribution in [0.4, 0.5) is 0 Å². The molecule has 1 aromatic heterocycles. The monoisotopic (exact) mass is 350 g/mol. The fraction of sp³-hybridized carbons (Fsp3) is 0.100. The minimum atomic E-state index is -0.362. The van der Waals surface area contributed by atoms with Crippen LogP contribution >= 0.6 is 11.6 Å². The number of allylic oxidation sites excluding steroid dienone is 1. The maximum atomic E-state index is 12.8. The number of aromatic amines is 1. The molecule has 124 valence electrons. The molecule has 2 N–H and O–H groups in total. The third-order valence-electron chi connectivity index (χ3n) is 4.08. The summed E-state index contributed by atoms with van der Waals surface area (Å²) in [4.78, 5) is 15.8. The van der Waals surface area contributed by atoms with Gasteiger partial charge in [-0.1, -0.05) is 17.7 Å². The largest absolute Gasteiger partial charge is 0.507 e. The first-order valence-electron chi connectivity index (χ1n) is 7.64. The van der Waals surface area contributed by atoms with Crippen LogP contribution in [0.2, 0.25) is 5.02 Å². The third-order valence-corrected chi connectivity index (χ3v) is 4.31. The number of aryl methyl sites for hydroxylation is 2. The highest BCUT2D eigenvalue weighted by molar-refractivity contribution is 6.31. The number of halogens is 1. The number of ketones is 1. The molecule has 0 unspecified atom stereocenters. The highest BCUT2D eigenvalue weighted by Gasteiger charge is 2.17. The van der Waals surface area contributed by atoms with E-state index in [1.807, 2.05) is 6.07 Å². The van der Waals surface area contributed by atoms with Crippen molar-refractivity contribution in [2.45, 2.75) is 13.8 Å². The van der Waals surface area contributed by atoms with Gasteiger partial charge < -0.3 is 10.1 Å². The molecule has 0 saturated heterocycles. The number of fused-ring (bicyclic) bond motifs is 1. The zero-order valence-electron chi connectivity index (χ0n) is 13.7. The van der Waals surface area contributed by atoms with Crippen LogP contribution < -0.4 is 0 Å². The van der Waals surface area contributed by atoms with E-state index in [0.717, 1.165) is 5.52 Å². The Hall–Kier alpha value is -3.03. The van der Waals surface area contributed by atoms with Gasteiger partial charge in [0, 0.05) is 27.7 Å². The maximum Gasteiger partial charge on any atom is 0.205 e. The topological polar surface area (TPSA) is 76.9 Å². The van der Waals surface area contributed by atoms with Gasteiger partial charge in [0.25, 0.3) is 0 Å². The Morgan fingerprint density at radius 1 is 1.24 bits per heavy atom. The molecule has 0 aliphatic rings. The van der Waals surface area contributed by atoms with E-state index in [0.29, 0.717) is 32.7 Å². The van der Waals surface area contributed by atoms with Crippen molar-refractivity contribution < 1.29 is 9.90 Å². The fourth-order valence-electron chi connectivity index (χ4n) is 2.82. The molecule has 2 aromatic carbocycles. The van der Waals surface area contributed by atoms with Crippen molar-refractivity contribution in [2.75, 3.05) is 0 Å². The van der Waals surface area contributed by atoms with Crippen LogP contribution in [-0.4, -0.2) is 15.9 Å². The predicted molar refractivity (Wildman–Crippen MR) is 98.8 cm³/mol. The lowest BCUT2D eigenvalue weighted by atomic mass is 9.99. The van der Waals surface area contributed by atoms with Crippen molar-refractivity contribution in [2.24, 2.45) is 0 Å². The minimum Gasteiger partial charge on any atom is -0.507 e. The van der Waals surface area contributed by atoms with E-state index in [1.54, 1.807) is 50.4 Å². The summed E-state index contributed by atoms with van der Waals surface area (Å²) in [6, 6.07) is 10.6. The molecule has 0 radical (unpaired) electrons. The van der Waals surface area contributed by atoms with Crippen molar-refractivity contribution in [3.05, 3.63) is 69.4 Å². The van der Waals surface area contributed by atoms with E-state index >= 15 is 0 Å². The molecule has 0 bridgehead atoms. The molecule has 0 saturated carbocycles. The van der Waals surface area contributed by atoms with Crippen LogP contribution in [0.1, 0.15) is 27.0 Å². The lowest BCUT2D eigenvalue weighted by Gasteiger charge is -2.05. The standard InChI is InChI=1S/C20H15ClN2O2/c1-11-5-13(6-12(2)19(11)24)7-14(9-22)20(25)17-10-23-18-8-15(21)3-4-16(17)18/h3-8,10,23-24H,1-2H3/b14-7+. The first-order chi connectivity index (χ1) is 11.9. The third kappa shape index (κ3) is 3.15. The van der Waals surface area contributed by atoms with Gasteiger partial charge in [-0.05, 0) is 60.9 Å². The second-order valence-corrected chi connectivity index (χ2v) is 6.33. The van der Waals surface area contributed by atoms with Crippen molar-refractivity contribution in [1.82, 2.24) is 4.98 Å². The molecule has 1 heterocycles. The Labute approximate surface area is 150 Å². The molecule has 0 aliphatic carbocycles. The number of phenolic OH excluding ortho intramolecular Hbond substituents is 1.